The van der Waals surface area contributed by atoms with E-state index in [2.05, 4.69) is 9.47 Å². The molecular weight excluding hydrogens is 414 g/mol. The minimum absolute atomic E-state index is 0.135. The molecule has 0 aliphatic rings. The standard InChI is InChI=1S/C21H20F6O3/c1-4-5-15-12-16(8-11-18(15)30-17-9-6-14(2)7-10-17)19(20(22,23)24,21(25,26)27)29-13-28-3/h2,6-12H,4-5,13H2,1,3H3. The summed E-state index contributed by atoms with van der Waals surface area (Å²) in [7, 11) is 0.934. The highest BCUT2D eigenvalue weighted by Crippen LogP contribution is 2.53. The van der Waals surface area contributed by atoms with Crippen molar-refractivity contribution >= 4 is 0 Å². The molecule has 9 heteroatoms. The Morgan fingerprint density at radius 3 is 2.00 bits per heavy atom. The first-order valence-corrected chi connectivity index (χ1v) is 8.89. The molecule has 0 N–H and O–H groups in total. The van der Waals surface area contributed by atoms with Gasteiger partial charge in [-0.1, -0.05) is 31.5 Å². The van der Waals surface area contributed by atoms with Gasteiger partial charge in [0.25, 0.3) is 5.60 Å². The molecule has 2 aromatic carbocycles. The van der Waals surface area contributed by atoms with Crippen LogP contribution >= 0.6 is 0 Å². The lowest BCUT2D eigenvalue weighted by atomic mass is 9.89. The van der Waals surface area contributed by atoms with Crippen LogP contribution in [0.4, 0.5) is 26.3 Å². The van der Waals surface area contributed by atoms with Crippen molar-refractivity contribution in [3.8, 4) is 11.5 Å². The summed E-state index contributed by atoms with van der Waals surface area (Å²) >= 11 is 0. The van der Waals surface area contributed by atoms with Crippen molar-refractivity contribution in [2.75, 3.05) is 13.9 Å². The molecule has 0 spiro atoms. The van der Waals surface area contributed by atoms with Gasteiger partial charge in [-0.25, -0.2) is 0 Å². The molecule has 0 atom stereocenters. The fraction of sp³-hybridized carbons (Fsp3) is 0.381. The molecule has 2 aromatic rings. The van der Waals surface area contributed by atoms with Crippen molar-refractivity contribution in [3.05, 3.63) is 66.1 Å². The molecule has 2 radical (unpaired) electrons. The Bertz CT molecular complexity index is 814. The van der Waals surface area contributed by atoms with E-state index >= 15 is 0 Å². The van der Waals surface area contributed by atoms with Gasteiger partial charge in [0.05, 0.1) is 0 Å². The first-order valence-electron chi connectivity index (χ1n) is 8.89. The molecule has 0 unspecified atom stereocenters. The van der Waals surface area contributed by atoms with Gasteiger partial charge in [-0.3, -0.25) is 0 Å². The van der Waals surface area contributed by atoms with Crippen LogP contribution in [0.3, 0.4) is 0 Å². The Balaban J connectivity index is 2.59. The first kappa shape index (κ1) is 24.0. The summed E-state index contributed by atoms with van der Waals surface area (Å²) in [5.74, 6) is 0.471. The van der Waals surface area contributed by atoms with Crippen molar-refractivity contribution < 1.29 is 40.6 Å². The normalized spacial score (nSPS) is 12.8. The molecule has 0 amide bonds. The van der Waals surface area contributed by atoms with Gasteiger partial charge in [0.2, 0.25) is 0 Å². The second-order valence-electron chi connectivity index (χ2n) is 6.47. The Kier molecular flexibility index (Phi) is 7.41. The van der Waals surface area contributed by atoms with Crippen LogP contribution in [-0.4, -0.2) is 26.3 Å². The average Bonchev–Trinajstić information content (AvgIpc) is 2.64. The predicted octanol–water partition coefficient (Wildman–Crippen LogP) is 6.43. The molecule has 30 heavy (non-hydrogen) atoms. The van der Waals surface area contributed by atoms with Gasteiger partial charge >= 0.3 is 12.4 Å². The number of ether oxygens (including phenoxy) is 3. The SMILES string of the molecule is [CH]c1ccc(Oc2ccc(C(OCOC)(C(F)(F)F)C(F)(F)F)cc2CCC)cc1. The summed E-state index contributed by atoms with van der Waals surface area (Å²) in [4.78, 5) is 0. The fourth-order valence-corrected chi connectivity index (χ4v) is 2.91. The van der Waals surface area contributed by atoms with Crippen molar-refractivity contribution in [3.63, 3.8) is 0 Å². The monoisotopic (exact) mass is 434 g/mol. The number of methoxy groups -OCH3 is 1. The molecule has 0 fully saturated rings. The van der Waals surface area contributed by atoms with E-state index in [1.165, 1.54) is 12.1 Å². The minimum Gasteiger partial charge on any atom is -0.457 e. The van der Waals surface area contributed by atoms with Gasteiger partial charge in [0.15, 0.2) is 0 Å². The lowest BCUT2D eigenvalue weighted by molar-refractivity contribution is -0.400. The van der Waals surface area contributed by atoms with E-state index in [1.54, 1.807) is 19.1 Å². The second-order valence-corrected chi connectivity index (χ2v) is 6.47. The van der Waals surface area contributed by atoms with Crippen molar-refractivity contribution in [2.45, 2.75) is 37.7 Å². The zero-order valence-electron chi connectivity index (χ0n) is 16.2. The number of aryl methyl sites for hydroxylation is 1. The molecule has 0 saturated carbocycles. The predicted molar refractivity (Wildman–Crippen MR) is 97.1 cm³/mol. The number of alkyl halides is 6. The molecule has 0 aromatic heterocycles. The Morgan fingerprint density at radius 1 is 0.900 bits per heavy atom. The molecule has 2 rings (SSSR count). The zero-order valence-corrected chi connectivity index (χ0v) is 16.2. The van der Waals surface area contributed by atoms with E-state index in [0.29, 0.717) is 23.8 Å². The summed E-state index contributed by atoms with van der Waals surface area (Å²) in [5, 5.41) is 0. The number of rotatable bonds is 8. The van der Waals surface area contributed by atoms with Gasteiger partial charge in [0, 0.05) is 12.7 Å². The van der Waals surface area contributed by atoms with Gasteiger partial charge in [-0.05, 0) is 48.7 Å². The Hall–Kier alpha value is -2.26. The topological polar surface area (TPSA) is 27.7 Å². The first-order chi connectivity index (χ1) is 14.0. The van der Waals surface area contributed by atoms with Crippen LogP contribution in [-0.2, 0) is 21.5 Å². The van der Waals surface area contributed by atoms with E-state index in [0.717, 1.165) is 19.2 Å². The van der Waals surface area contributed by atoms with Crippen molar-refractivity contribution in [2.24, 2.45) is 0 Å². The van der Waals surface area contributed by atoms with Crippen LogP contribution < -0.4 is 4.74 Å². The van der Waals surface area contributed by atoms with Gasteiger partial charge in [-0.2, -0.15) is 26.3 Å². The third-order valence-corrected chi connectivity index (χ3v) is 4.29. The average molecular weight is 434 g/mol. The van der Waals surface area contributed by atoms with Crippen LogP contribution in [0.5, 0.6) is 11.5 Å². The summed E-state index contributed by atoms with van der Waals surface area (Å²) in [6, 6.07) is 8.77. The quantitative estimate of drug-likeness (QED) is 0.354. The molecule has 0 aliphatic heterocycles. The number of hydrogen-bond acceptors (Lipinski definition) is 3. The summed E-state index contributed by atoms with van der Waals surface area (Å²) < 4.78 is 96.7. The van der Waals surface area contributed by atoms with Gasteiger partial charge in [-0.15, -0.1) is 0 Å². The lowest BCUT2D eigenvalue weighted by Gasteiger charge is -2.37. The van der Waals surface area contributed by atoms with Crippen LogP contribution in [0.1, 0.15) is 30.0 Å². The Labute approximate surface area is 170 Å². The third kappa shape index (κ3) is 4.89. The van der Waals surface area contributed by atoms with Crippen LogP contribution in [0.25, 0.3) is 0 Å². The van der Waals surface area contributed by atoms with E-state index in [-0.39, 0.29) is 17.7 Å². The van der Waals surface area contributed by atoms with Crippen molar-refractivity contribution in [1.82, 2.24) is 0 Å². The number of halogens is 6. The van der Waals surface area contributed by atoms with Gasteiger partial charge < -0.3 is 14.2 Å². The van der Waals surface area contributed by atoms with Gasteiger partial charge in [0.1, 0.15) is 18.3 Å². The smallest absolute Gasteiger partial charge is 0.430 e. The second kappa shape index (κ2) is 9.26. The molecular formula is C21H20F6O3. The highest BCUT2D eigenvalue weighted by Gasteiger charge is 2.73. The summed E-state index contributed by atoms with van der Waals surface area (Å²) in [5.41, 5.74) is -5.00. The maximum absolute atomic E-state index is 13.7. The van der Waals surface area contributed by atoms with E-state index < -0.39 is 30.3 Å². The number of hydrogen-bond donors (Lipinski definition) is 0. The molecule has 0 bridgehead atoms. The third-order valence-electron chi connectivity index (χ3n) is 4.29. The molecule has 0 aliphatic carbocycles. The van der Waals surface area contributed by atoms with E-state index in [9.17, 15) is 26.3 Å². The van der Waals surface area contributed by atoms with Crippen molar-refractivity contribution in [1.29, 1.82) is 0 Å². The van der Waals surface area contributed by atoms with E-state index in [4.69, 9.17) is 11.7 Å². The Morgan fingerprint density at radius 2 is 1.50 bits per heavy atom. The summed E-state index contributed by atoms with van der Waals surface area (Å²) in [6.07, 6.45) is -10.9. The highest BCUT2D eigenvalue weighted by atomic mass is 19.4. The molecule has 0 heterocycles. The maximum Gasteiger partial charge on any atom is 0.430 e. The zero-order chi connectivity index (χ0) is 22.6. The summed E-state index contributed by atoms with van der Waals surface area (Å²) in [6.45, 7) is 6.13. The van der Waals surface area contributed by atoms with E-state index in [1.807, 2.05) is 0 Å². The van der Waals surface area contributed by atoms with Crippen LogP contribution in [0.15, 0.2) is 42.5 Å². The molecule has 0 saturated heterocycles. The maximum atomic E-state index is 13.7. The minimum atomic E-state index is -5.79. The number of benzene rings is 2. The largest absolute Gasteiger partial charge is 0.457 e. The van der Waals surface area contributed by atoms with Crippen LogP contribution in [0, 0.1) is 6.92 Å². The lowest BCUT2D eigenvalue weighted by Crippen LogP contribution is -2.56. The highest BCUT2D eigenvalue weighted by molar-refractivity contribution is 5.44. The van der Waals surface area contributed by atoms with Crippen LogP contribution in [0.2, 0.25) is 0 Å². The molecule has 3 nitrogen and oxygen atoms in total. The fourth-order valence-electron chi connectivity index (χ4n) is 2.91. The molecule has 164 valence electrons.